The summed E-state index contributed by atoms with van der Waals surface area (Å²) >= 11 is 0. The standard InChI is InChI=1S/C28H31N3O5/c1-3-35-23-10-5-20(6-11-23)27(32)29-22-9-14-26(31-15-17-34-18-16-31)25(19-22)30-28(33)21-7-12-24(13-8-21)36-4-2/h5-14,19H,3-4,15-18H2,1-2H3,(H,29,32)(H,30,33). The molecular formula is C28H31N3O5. The average Bonchev–Trinajstić information content (AvgIpc) is 2.90. The maximum atomic E-state index is 13.1. The summed E-state index contributed by atoms with van der Waals surface area (Å²) in [6.07, 6.45) is 0. The van der Waals surface area contributed by atoms with Gasteiger partial charge in [-0.1, -0.05) is 0 Å². The van der Waals surface area contributed by atoms with E-state index in [0.717, 1.165) is 5.69 Å². The molecule has 188 valence electrons. The van der Waals surface area contributed by atoms with E-state index in [1.54, 1.807) is 54.6 Å². The van der Waals surface area contributed by atoms with Crippen LogP contribution in [0.5, 0.6) is 11.5 Å². The van der Waals surface area contributed by atoms with Crippen LogP contribution < -0.4 is 25.0 Å². The monoisotopic (exact) mass is 489 g/mol. The van der Waals surface area contributed by atoms with Crippen molar-refractivity contribution in [1.29, 1.82) is 0 Å². The topological polar surface area (TPSA) is 89.1 Å². The fourth-order valence-electron chi connectivity index (χ4n) is 3.93. The number of morpholine rings is 1. The molecule has 0 aliphatic carbocycles. The summed E-state index contributed by atoms with van der Waals surface area (Å²) in [6, 6.07) is 19.5. The Kier molecular flexibility index (Phi) is 8.41. The van der Waals surface area contributed by atoms with Gasteiger partial charge in [-0.05, 0) is 80.6 Å². The molecule has 1 heterocycles. The van der Waals surface area contributed by atoms with Gasteiger partial charge < -0.3 is 29.7 Å². The maximum Gasteiger partial charge on any atom is 0.255 e. The lowest BCUT2D eigenvalue weighted by atomic mass is 10.1. The number of hydrogen-bond donors (Lipinski definition) is 2. The molecular weight excluding hydrogens is 458 g/mol. The van der Waals surface area contributed by atoms with Gasteiger partial charge in [0.25, 0.3) is 11.8 Å². The molecule has 1 aliphatic rings. The molecule has 0 bridgehead atoms. The molecule has 4 rings (SSSR count). The third kappa shape index (κ3) is 6.34. The highest BCUT2D eigenvalue weighted by Gasteiger charge is 2.18. The van der Waals surface area contributed by atoms with Gasteiger partial charge in [-0.3, -0.25) is 9.59 Å². The highest BCUT2D eigenvalue weighted by Crippen LogP contribution is 2.31. The molecule has 1 saturated heterocycles. The second kappa shape index (κ2) is 12.1. The SMILES string of the molecule is CCOc1ccc(C(=O)Nc2ccc(N3CCOCC3)c(NC(=O)c3ccc(OCC)cc3)c2)cc1. The van der Waals surface area contributed by atoms with E-state index in [-0.39, 0.29) is 11.8 Å². The molecule has 3 aromatic carbocycles. The minimum absolute atomic E-state index is 0.248. The molecule has 0 aromatic heterocycles. The number of ether oxygens (including phenoxy) is 3. The summed E-state index contributed by atoms with van der Waals surface area (Å²) in [5.41, 5.74) is 3.08. The van der Waals surface area contributed by atoms with E-state index in [9.17, 15) is 9.59 Å². The van der Waals surface area contributed by atoms with E-state index in [4.69, 9.17) is 14.2 Å². The second-order valence-electron chi connectivity index (χ2n) is 8.15. The normalized spacial score (nSPS) is 13.1. The molecule has 36 heavy (non-hydrogen) atoms. The molecule has 2 amide bonds. The van der Waals surface area contributed by atoms with Crippen LogP contribution in [0.4, 0.5) is 17.1 Å². The number of amides is 2. The van der Waals surface area contributed by atoms with E-state index in [1.165, 1.54) is 0 Å². The van der Waals surface area contributed by atoms with Crippen molar-refractivity contribution in [2.45, 2.75) is 13.8 Å². The third-order valence-electron chi connectivity index (χ3n) is 5.71. The highest BCUT2D eigenvalue weighted by molar-refractivity contribution is 6.08. The van der Waals surface area contributed by atoms with Crippen LogP contribution in [0.15, 0.2) is 66.7 Å². The van der Waals surface area contributed by atoms with Gasteiger partial charge in [0.2, 0.25) is 0 Å². The Labute approximate surface area is 211 Å². The summed E-state index contributed by atoms with van der Waals surface area (Å²) in [7, 11) is 0. The molecule has 8 heteroatoms. The van der Waals surface area contributed by atoms with Gasteiger partial charge in [-0.15, -0.1) is 0 Å². The molecule has 8 nitrogen and oxygen atoms in total. The van der Waals surface area contributed by atoms with E-state index in [0.29, 0.717) is 73.5 Å². The van der Waals surface area contributed by atoms with Crippen LogP contribution in [-0.4, -0.2) is 51.3 Å². The molecule has 2 N–H and O–H groups in total. The van der Waals surface area contributed by atoms with E-state index in [2.05, 4.69) is 15.5 Å². The molecule has 3 aromatic rings. The largest absolute Gasteiger partial charge is 0.494 e. The first-order chi connectivity index (χ1) is 17.6. The Hall–Kier alpha value is -4.04. The number of rotatable bonds is 9. The summed E-state index contributed by atoms with van der Waals surface area (Å²) in [6.45, 7) is 7.59. The van der Waals surface area contributed by atoms with Crippen LogP contribution in [0.3, 0.4) is 0 Å². The van der Waals surface area contributed by atoms with Crippen molar-refractivity contribution in [3.05, 3.63) is 77.9 Å². The van der Waals surface area contributed by atoms with Gasteiger partial charge in [-0.2, -0.15) is 0 Å². The summed E-state index contributed by atoms with van der Waals surface area (Å²) < 4.78 is 16.4. The molecule has 0 radical (unpaired) electrons. The summed E-state index contributed by atoms with van der Waals surface area (Å²) in [4.78, 5) is 28.1. The van der Waals surface area contributed by atoms with Crippen LogP contribution in [-0.2, 0) is 4.74 Å². The van der Waals surface area contributed by atoms with E-state index >= 15 is 0 Å². The van der Waals surface area contributed by atoms with Gasteiger partial charge in [0.15, 0.2) is 0 Å². The lowest BCUT2D eigenvalue weighted by molar-refractivity contribution is 0.101. The number of nitrogens with one attached hydrogen (secondary N) is 2. The van der Waals surface area contributed by atoms with Gasteiger partial charge in [0.1, 0.15) is 11.5 Å². The lowest BCUT2D eigenvalue weighted by Crippen LogP contribution is -2.36. The van der Waals surface area contributed by atoms with Gasteiger partial charge in [0.05, 0.1) is 37.8 Å². The third-order valence-corrected chi connectivity index (χ3v) is 5.71. The zero-order valence-electron chi connectivity index (χ0n) is 20.6. The van der Waals surface area contributed by atoms with Gasteiger partial charge >= 0.3 is 0 Å². The van der Waals surface area contributed by atoms with E-state index in [1.807, 2.05) is 26.0 Å². The Morgan fingerprint density at radius 1 is 0.778 bits per heavy atom. The first-order valence-corrected chi connectivity index (χ1v) is 12.1. The molecule has 0 unspecified atom stereocenters. The van der Waals surface area contributed by atoms with Crippen LogP contribution >= 0.6 is 0 Å². The Morgan fingerprint density at radius 3 is 1.83 bits per heavy atom. The molecule has 0 saturated carbocycles. The van der Waals surface area contributed by atoms with Gasteiger partial charge in [-0.25, -0.2) is 0 Å². The number of carbonyl (C=O) groups is 2. The second-order valence-corrected chi connectivity index (χ2v) is 8.15. The first kappa shape index (κ1) is 25.1. The van der Waals surface area contributed by atoms with Crippen molar-refractivity contribution >= 4 is 28.9 Å². The predicted octanol–water partition coefficient (Wildman–Crippen LogP) is 4.83. The van der Waals surface area contributed by atoms with Crippen molar-refractivity contribution in [2.75, 3.05) is 55.1 Å². The van der Waals surface area contributed by atoms with Crippen LogP contribution in [0.2, 0.25) is 0 Å². The average molecular weight is 490 g/mol. The highest BCUT2D eigenvalue weighted by atomic mass is 16.5. The number of hydrogen-bond acceptors (Lipinski definition) is 6. The fourth-order valence-corrected chi connectivity index (χ4v) is 3.93. The number of carbonyl (C=O) groups excluding carboxylic acids is 2. The lowest BCUT2D eigenvalue weighted by Gasteiger charge is -2.31. The van der Waals surface area contributed by atoms with Crippen molar-refractivity contribution in [3.8, 4) is 11.5 Å². The quantitative estimate of drug-likeness (QED) is 0.448. The maximum absolute atomic E-state index is 13.1. The minimum Gasteiger partial charge on any atom is -0.494 e. The Bertz CT molecular complexity index is 1170. The number of benzene rings is 3. The van der Waals surface area contributed by atoms with Crippen molar-refractivity contribution in [3.63, 3.8) is 0 Å². The van der Waals surface area contributed by atoms with Crippen LogP contribution in [0.1, 0.15) is 34.6 Å². The molecule has 1 fully saturated rings. The van der Waals surface area contributed by atoms with Crippen molar-refractivity contribution in [2.24, 2.45) is 0 Å². The zero-order chi connectivity index (χ0) is 25.3. The number of nitrogens with zero attached hydrogens (tertiary/aromatic N) is 1. The summed E-state index contributed by atoms with van der Waals surface area (Å²) in [5.74, 6) is 0.925. The Morgan fingerprint density at radius 2 is 1.31 bits per heavy atom. The predicted molar refractivity (Wildman–Crippen MR) is 141 cm³/mol. The zero-order valence-corrected chi connectivity index (χ0v) is 20.6. The number of anilines is 3. The van der Waals surface area contributed by atoms with Crippen LogP contribution in [0, 0.1) is 0 Å². The van der Waals surface area contributed by atoms with Crippen molar-refractivity contribution in [1.82, 2.24) is 0 Å². The molecule has 0 atom stereocenters. The van der Waals surface area contributed by atoms with Gasteiger partial charge in [0, 0.05) is 29.9 Å². The minimum atomic E-state index is -0.249. The summed E-state index contributed by atoms with van der Waals surface area (Å²) in [5, 5.41) is 5.94. The van der Waals surface area contributed by atoms with Crippen LogP contribution in [0.25, 0.3) is 0 Å². The van der Waals surface area contributed by atoms with Crippen molar-refractivity contribution < 1.29 is 23.8 Å². The van der Waals surface area contributed by atoms with E-state index < -0.39 is 0 Å². The molecule has 0 spiro atoms. The molecule has 1 aliphatic heterocycles. The Balaban J connectivity index is 1.54. The first-order valence-electron chi connectivity index (χ1n) is 12.1. The smallest absolute Gasteiger partial charge is 0.255 e. The fraction of sp³-hybridized carbons (Fsp3) is 0.286.